The molecule has 0 saturated heterocycles. The zero-order chi connectivity index (χ0) is 12.4. The second kappa shape index (κ2) is 4.81. The van der Waals surface area contributed by atoms with Gasteiger partial charge in [-0.1, -0.05) is 19.1 Å². The number of hydrogen-bond acceptors (Lipinski definition) is 3. The molecule has 1 aromatic rings. The minimum atomic E-state index is 0.373. The molecule has 0 radical (unpaired) electrons. The molecular formula is C15H21NO2. The average molecular weight is 247 g/mol. The van der Waals surface area contributed by atoms with E-state index in [1.54, 1.807) is 0 Å². The Morgan fingerprint density at radius 2 is 2.06 bits per heavy atom. The molecule has 0 amide bonds. The van der Waals surface area contributed by atoms with E-state index in [4.69, 9.17) is 9.47 Å². The van der Waals surface area contributed by atoms with Gasteiger partial charge in [0.1, 0.15) is 13.2 Å². The summed E-state index contributed by atoms with van der Waals surface area (Å²) in [5.41, 5.74) is 1.59. The molecule has 0 aromatic heterocycles. The summed E-state index contributed by atoms with van der Waals surface area (Å²) in [6.07, 6.45) is 5.17. The third kappa shape index (κ3) is 2.07. The molecule has 0 bridgehead atoms. The highest BCUT2D eigenvalue weighted by molar-refractivity contribution is 5.47. The Morgan fingerprint density at radius 3 is 2.78 bits per heavy atom. The minimum absolute atomic E-state index is 0.373. The van der Waals surface area contributed by atoms with Crippen molar-refractivity contribution in [1.82, 2.24) is 5.32 Å². The molecule has 0 atom stereocenters. The second-order valence-corrected chi connectivity index (χ2v) is 5.28. The first-order valence-corrected chi connectivity index (χ1v) is 6.95. The monoisotopic (exact) mass is 247 g/mol. The molecule has 3 heteroatoms. The molecule has 1 saturated carbocycles. The van der Waals surface area contributed by atoms with Crippen LogP contribution in [0.25, 0.3) is 0 Å². The van der Waals surface area contributed by atoms with Crippen molar-refractivity contribution in [3.63, 3.8) is 0 Å². The van der Waals surface area contributed by atoms with Crippen LogP contribution in [0.4, 0.5) is 0 Å². The number of ether oxygens (including phenoxy) is 2. The van der Waals surface area contributed by atoms with Gasteiger partial charge < -0.3 is 14.8 Å². The number of fused-ring (bicyclic) bond motifs is 1. The third-order valence-corrected chi connectivity index (χ3v) is 4.29. The lowest BCUT2D eigenvalue weighted by molar-refractivity contribution is 0.161. The molecular weight excluding hydrogens is 226 g/mol. The average Bonchev–Trinajstić information content (AvgIpc) is 2.38. The lowest BCUT2D eigenvalue weighted by Gasteiger charge is -2.42. The number of hydrogen-bond donors (Lipinski definition) is 1. The molecule has 1 aliphatic heterocycles. The first-order valence-electron chi connectivity index (χ1n) is 6.95. The lowest BCUT2D eigenvalue weighted by atomic mass is 9.75. The standard InChI is InChI=1S/C15H21NO2/c1-2-15(7-4-8-15)16-11-12-5-3-6-13-14(12)18-10-9-17-13/h3,5-6,16H,2,4,7-11H2,1H3. The van der Waals surface area contributed by atoms with Crippen LogP contribution in [0.2, 0.25) is 0 Å². The van der Waals surface area contributed by atoms with Crippen molar-refractivity contribution in [3.8, 4) is 11.5 Å². The predicted octanol–water partition coefficient (Wildman–Crippen LogP) is 2.88. The fraction of sp³-hybridized carbons (Fsp3) is 0.600. The van der Waals surface area contributed by atoms with E-state index in [0.717, 1.165) is 18.0 Å². The van der Waals surface area contributed by atoms with Crippen LogP contribution in [0.1, 0.15) is 38.2 Å². The van der Waals surface area contributed by atoms with Gasteiger partial charge in [-0.05, 0) is 31.7 Å². The SMILES string of the molecule is CCC1(NCc2cccc3c2OCCO3)CCC1. The van der Waals surface area contributed by atoms with Gasteiger partial charge in [0.15, 0.2) is 11.5 Å². The molecule has 3 rings (SSSR count). The highest BCUT2D eigenvalue weighted by Gasteiger charge is 2.34. The Balaban J connectivity index is 1.72. The lowest BCUT2D eigenvalue weighted by Crippen LogP contribution is -2.49. The zero-order valence-corrected chi connectivity index (χ0v) is 11.0. The van der Waals surface area contributed by atoms with Crippen molar-refractivity contribution >= 4 is 0 Å². The van der Waals surface area contributed by atoms with Gasteiger partial charge in [-0.2, -0.15) is 0 Å². The summed E-state index contributed by atoms with van der Waals surface area (Å²) < 4.78 is 11.4. The summed E-state index contributed by atoms with van der Waals surface area (Å²) in [6, 6.07) is 6.16. The summed E-state index contributed by atoms with van der Waals surface area (Å²) in [4.78, 5) is 0. The van der Waals surface area contributed by atoms with Crippen molar-refractivity contribution in [2.24, 2.45) is 0 Å². The van der Waals surface area contributed by atoms with Crippen LogP contribution in [-0.4, -0.2) is 18.8 Å². The molecule has 1 heterocycles. The van der Waals surface area contributed by atoms with Gasteiger partial charge in [0.25, 0.3) is 0 Å². The maximum Gasteiger partial charge on any atom is 0.165 e. The number of benzene rings is 1. The van der Waals surface area contributed by atoms with Crippen LogP contribution in [0.3, 0.4) is 0 Å². The third-order valence-electron chi connectivity index (χ3n) is 4.29. The Labute approximate surface area is 108 Å². The smallest absolute Gasteiger partial charge is 0.165 e. The molecule has 1 N–H and O–H groups in total. The highest BCUT2D eigenvalue weighted by Crippen LogP contribution is 2.37. The highest BCUT2D eigenvalue weighted by atomic mass is 16.6. The molecule has 0 unspecified atom stereocenters. The maximum atomic E-state index is 5.74. The summed E-state index contributed by atoms with van der Waals surface area (Å²) >= 11 is 0. The van der Waals surface area contributed by atoms with E-state index in [1.807, 2.05) is 12.1 Å². The van der Waals surface area contributed by atoms with E-state index in [0.29, 0.717) is 18.8 Å². The Morgan fingerprint density at radius 1 is 1.22 bits per heavy atom. The topological polar surface area (TPSA) is 30.5 Å². The minimum Gasteiger partial charge on any atom is -0.486 e. The van der Waals surface area contributed by atoms with Crippen molar-refractivity contribution in [1.29, 1.82) is 0 Å². The van der Waals surface area contributed by atoms with Crippen LogP contribution >= 0.6 is 0 Å². The molecule has 2 aliphatic rings. The normalized spacial score (nSPS) is 20.3. The molecule has 1 aliphatic carbocycles. The van der Waals surface area contributed by atoms with Crippen LogP contribution in [0.5, 0.6) is 11.5 Å². The summed E-state index contributed by atoms with van der Waals surface area (Å²) in [6.45, 7) is 4.46. The first kappa shape index (κ1) is 11.8. The van der Waals surface area contributed by atoms with Gasteiger partial charge in [0, 0.05) is 17.6 Å². The first-order chi connectivity index (χ1) is 8.83. The summed E-state index contributed by atoms with van der Waals surface area (Å²) in [5.74, 6) is 1.82. The van der Waals surface area contributed by atoms with Gasteiger partial charge in [0.2, 0.25) is 0 Å². The number of para-hydroxylation sites is 1. The van der Waals surface area contributed by atoms with E-state index < -0.39 is 0 Å². The van der Waals surface area contributed by atoms with Crippen molar-refractivity contribution in [2.75, 3.05) is 13.2 Å². The molecule has 0 spiro atoms. The zero-order valence-electron chi connectivity index (χ0n) is 11.0. The molecule has 1 fully saturated rings. The predicted molar refractivity (Wildman–Crippen MR) is 71.1 cm³/mol. The fourth-order valence-corrected chi connectivity index (χ4v) is 2.81. The van der Waals surface area contributed by atoms with Crippen molar-refractivity contribution < 1.29 is 9.47 Å². The van der Waals surface area contributed by atoms with E-state index >= 15 is 0 Å². The molecule has 3 nitrogen and oxygen atoms in total. The van der Waals surface area contributed by atoms with Crippen molar-refractivity contribution in [3.05, 3.63) is 23.8 Å². The quantitative estimate of drug-likeness (QED) is 0.887. The van der Waals surface area contributed by atoms with Gasteiger partial charge in [-0.3, -0.25) is 0 Å². The van der Waals surface area contributed by atoms with E-state index in [1.165, 1.54) is 31.2 Å². The summed E-state index contributed by atoms with van der Waals surface area (Å²) in [7, 11) is 0. The van der Waals surface area contributed by atoms with Crippen LogP contribution < -0.4 is 14.8 Å². The molecule has 1 aromatic carbocycles. The van der Waals surface area contributed by atoms with Gasteiger partial charge in [-0.25, -0.2) is 0 Å². The Kier molecular flexibility index (Phi) is 3.16. The number of rotatable bonds is 4. The number of nitrogens with one attached hydrogen (secondary N) is 1. The van der Waals surface area contributed by atoms with Gasteiger partial charge in [0.05, 0.1) is 0 Å². The van der Waals surface area contributed by atoms with Crippen LogP contribution in [-0.2, 0) is 6.54 Å². The largest absolute Gasteiger partial charge is 0.486 e. The van der Waals surface area contributed by atoms with Crippen molar-refractivity contribution in [2.45, 2.75) is 44.7 Å². The van der Waals surface area contributed by atoms with E-state index in [2.05, 4.69) is 18.3 Å². The Bertz CT molecular complexity index is 421. The molecule has 18 heavy (non-hydrogen) atoms. The summed E-state index contributed by atoms with van der Waals surface area (Å²) in [5, 5.41) is 3.71. The molecule has 98 valence electrons. The fourth-order valence-electron chi connectivity index (χ4n) is 2.81. The van der Waals surface area contributed by atoms with Crippen LogP contribution in [0, 0.1) is 0 Å². The van der Waals surface area contributed by atoms with Crippen LogP contribution in [0.15, 0.2) is 18.2 Å². The van der Waals surface area contributed by atoms with E-state index in [9.17, 15) is 0 Å². The maximum absolute atomic E-state index is 5.74. The Hall–Kier alpha value is -1.22. The van der Waals surface area contributed by atoms with Gasteiger partial charge in [-0.15, -0.1) is 0 Å². The second-order valence-electron chi connectivity index (χ2n) is 5.28. The van der Waals surface area contributed by atoms with Gasteiger partial charge >= 0.3 is 0 Å². The van der Waals surface area contributed by atoms with E-state index in [-0.39, 0.29) is 0 Å².